The summed E-state index contributed by atoms with van der Waals surface area (Å²) in [5.74, 6) is 0.598. The van der Waals surface area contributed by atoms with Gasteiger partial charge in [0.05, 0.1) is 17.6 Å². The standard InChI is InChI=1S/C13H19NO3S/c15-13-3-1-2-12-11(13)4-7-14(12)10-5-8-18(16,17)9-6-10/h4,7,10,13,15H,1-3,5-6,8-9H2. The number of hydrogen-bond donors (Lipinski definition) is 1. The van der Waals surface area contributed by atoms with Crippen LogP contribution in [-0.4, -0.2) is 29.6 Å². The van der Waals surface area contributed by atoms with E-state index >= 15 is 0 Å². The highest BCUT2D eigenvalue weighted by Gasteiger charge is 2.28. The van der Waals surface area contributed by atoms with Crippen molar-refractivity contribution in [2.75, 3.05) is 11.5 Å². The molecule has 1 atom stereocenters. The molecule has 18 heavy (non-hydrogen) atoms. The van der Waals surface area contributed by atoms with Gasteiger partial charge in [0.2, 0.25) is 0 Å². The van der Waals surface area contributed by atoms with Crippen LogP contribution in [0.15, 0.2) is 12.3 Å². The molecule has 1 unspecified atom stereocenters. The van der Waals surface area contributed by atoms with Gasteiger partial charge in [0.1, 0.15) is 9.84 Å². The van der Waals surface area contributed by atoms with Crippen molar-refractivity contribution in [1.82, 2.24) is 4.57 Å². The van der Waals surface area contributed by atoms with Crippen molar-refractivity contribution in [3.8, 4) is 0 Å². The van der Waals surface area contributed by atoms with Crippen LogP contribution in [0.1, 0.15) is 49.1 Å². The summed E-state index contributed by atoms with van der Waals surface area (Å²) >= 11 is 0. The summed E-state index contributed by atoms with van der Waals surface area (Å²) < 4.78 is 25.1. The molecule has 0 amide bonds. The first-order chi connectivity index (χ1) is 8.57. The summed E-state index contributed by atoms with van der Waals surface area (Å²) in [5.41, 5.74) is 2.27. The van der Waals surface area contributed by atoms with Crippen LogP contribution in [-0.2, 0) is 16.3 Å². The molecule has 0 aromatic carbocycles. The number of sulfone groups is 1. The number of aliphatic hydroxyl groups is 1. The number of aromatic nitrogens is 1. The Hall–Kier alpha value is -0.810. The monoisotopic (exact) mass is 269 g/mol. The maximum absolute atomic E-state index is 11.5. The molecular weight excluding hydrogens is 250 g/mol. The summed E-state index contributed by atoms with van der Waals surface area (Å²) in [6.07, 6.45) is 5.98. The third-order valence-corrected chi connectivity index (χ3v) is 5.94. The van der Waals surface area contributed by atoms with E-state index in [1.807, 2.05) is 12.3 Å². The molecule has 100 valence electrons. The van der Waals surface area contributed by atoms with Gasteiger partial charge in [-0.15, -0.1) is 0 Å². The molecule has 1 aromatic rings. The summed E-state index contributed by atoms with van der Waals surface area (Å²) in [5, 5.41) is 9.95. The Labute approximate surface area is 108 Å². The van der Waals surface area contributed by atoms with E-state index in [2.05, 4.69) is 4.57 Å². The average molecular weight is 269 g/mol. The lowest BCUT2D eigenvalue weighted by atomic mass is 9.95. The molecule has 5 heteroatoms. The minimum absolute atomic E-state index is 0.294. The topological polar surface area (TPSA) is 59.3 Å². The second kappa shape index (κ2) is 4.38. The molecule has 1 fully saturated rings. The normalized spacial score (nSPS) is 27.9. The number of fused-ring (bicyclic) bond motifs is 1. The predicted molar refractivity (Wildman–Crippen MR) is 69.3 cm³/mol. The van der Waals surface area contributed by atoms with Gasteiger partial charge in [-0.05, 0) is 38.2 Å². The number of nitrogens with zero attached hydrogens (tertiary/aromatic N) is 1. The Morgan fingerprint density at radius 2 is 1.94 bits per heavy atom. The highest BCUT2D eigenvalue weighted by molar-refractivity contribution is 7.91. The lowest BCUT2D eigenvalue weighted by Crippen LogP contribution is -2.26. The molecule has 0 spiro atoms. The molecule has 2 aliphatic rings. The van der Waals surface area contributed by atoms with Crippen molar-refractivity contribution in [3.63, 3.8) is 0 Å². The number of hydrogen-bond acceptors (Lipinski definition) is 3. The van der Waals surface area contributed by atoms with Crippen molar-refractivity contribution < 1.29 is 13.5 Å². The van der Waals surface area contributed by atoms with Crippen LogP contribution in [0.25, 0.3) is 0 Å². The SMILES string of the molecule is O=S1(=O)CCC(n2ccc3c2CCCC3O)CC1. The van der Waals surface area contributed by atoms with E-state index in [-0.39, 0.29) is 6.10 Å². The number of aliphatic hydroxyl groups excluding tert-OH is 1. The van der Waals surface area contributed by atoms with Crippen LogP contribution >= 0.6 is 0 Å². The summed E-state index contributed by atoms with van der Waals surface area (Å²) in [7, 11) is -2.80. The molecular formula is C13H19NO3S. The van der Waals surface area contributed by atoms with Crippen molar-refractivity contribution in [2.24, 2.45) is 0 Å². The van der Waals surface area contributed by atoms with Gasteiger partial charge in [-0.25, -0.2) is 8.42 Å². The average Bonchev–Trinajstić information content (AvgIpc) is 2.74. The zero-order chi connectivity index (χ0) is 12.8. The quantitative estimate of drug-likeness (QED) is 0.842. The summed E-state index contributed by atoms with van der Waals surface area (Å²) in [4.78, 5) is 0. The second-order valence-electron chi connectivity index (χ2n) is 5.42. The fourth-order valence-electron chi connectivity index (χ4n) is 3.19. The van der Waals surface area contributed by atoms with Crippen LogP contribution in [0.3, 0.4) is 0 Å². The van der Waals surface area contributed by atoms with E-state index in [4.69, 9.17) is 0 Å². The first-order valence-corrected chi connectivity index (χ1v) is 8.47. The van der Waals surface area contributed by atoms with Gasteiger partial charge in [-0.2, -0.15) is 0 Å². The van der Waals surface area contributed by atoms with E-state index in [0.717, 1.165) is 24.8 Å². The number of rotatable bonds is 1. The second-order valence-corrected chi connectivity index (χ2v) is 7.72. The molecule has 2 heterocycles. The van der Waals surface area contributed by atoms with E-state index < -0.39 is 9.84 Å². The van der Waals surface area contributed by atoms with Crippen LogP contribution in [0.2, 0.25) is 0 Å². The van der Waals surface area contributed by atoms with Gasteiger partial charge in [-0.1, -0.05) is 0 Å². The van der Waals surface area contributed by atoms with E-state index in [1.54, 1.807) is 0 Å². The van der Waals surface area contributed by atoms with Crippen LogP contribution < -0.4 is 0 Å². The fourth-order valence-corrected chi connectivity index (χ4v) is 4.66. The highest BCUT2D eigenvalue weighted by atomic mass is 32.2. The molecule has 1 aliphatic carbocycles. The lowest BCUT2D eigenvalue weighted by Gasteiger charge is -2.28. The third kappa shape index (κ3) is 2.10. The molecule has 1 aromatic heterocycles. The third-order valence-electron chi connectivity index (χ3n) is 4.23. The van der Waals surface area contributed by atoms with Gasteiger partial charge < -0.3 is 9.67 Å². The van der Waals surface area contributed by atoms with Crippen molar-refractivity contribution in [1.29, 1.82) is 0 Å². The van der Waals surface area contributed by atoms with Crippen molar-refractivity contribution in [3.05, 3.63) is 23.5 Å². The first kappa shape index (κ1) is 12.2. The Kier molecular flexibility index (Phi) is 2.98. The summed E-state index contributed by atoms with van der Waals surface area (Å²) in [6, 6.07) is 2.30. The van der Waals surface area contributed by atoms with Crippen LogP contribution in [0, 0.1) is 0 Å². The molecule has 3 rings (SSSR count). The zero-order valence-corrected chi connectivity index (χ0v) is 11.2. The lowest BCUT2D eigenvalue weighted by molar-refractivity contribution is 0.155. The Bertz CT molecular complexity index is 533. The summed E-state index contributed by atoms with van der Waals surface area (Å²) in [6.45, 7) is 0. The van der Waals surface area contributed by atoms with Gasteiger partial charge in [0, 0.05) is 23.5 Å². The minimum atomic E-state index is -2.80. The first-order valence-electron chi connectivity index (χ1n) is 6.65. The zero-order valence-electron chi connectivity index (χ0n) is 10.4. The molecule has 4 nitrogen and oxygen atoms in total. The Morgan fingerprint density at radius 1 is 1.22 bits per heavy atom. The van der Waals surface area contributed by atoms with Crippen molar-refractivity contribution in [2.45, 2.75) is 44.2 Å². The molecule has 0 saturated carbocycles. The largest absolute Gasteiger partial charge is 0.388 e. The Morgan fingerprint density at radius 3 is 2.67 bits per heavy atom. The smallest absolute Gasteiger partial charge is 0.150 e. The molecule has 0 radical (unpaired) electrons. The molecule has 1 N–H and O–H groups in total. The maximum Gasteiger partial charge on any atom is 0.150 e. The van der Waals surface area contributed by atoms with Gasteiger partial charge in [0.25, 0.3) is 0 Å². The van der Waals surface area contributed by atoms with Gasteiger partial charge in [-0.3, -0.25) is 0 Å². The molecule has 1 saturated heterocycles. The van der Waals surface area contributed by atoms with Crippen LogP contribution in [0.5, 0.6) is 0 Å². The minimum Gasteiger partial charge on any atom is -0.388 e. The molecule has 0 bridgehead atoms. The molecule has 1 aliphatic heterocycles. The van der Waals surface area contributed by atoms with E-state index in [1.165, 1.54) is 5.69 Å². The van der Waals surface area contributed by atoms with E-state index in [0.29, 0.717) is 30.4 Å². The van der Waals surface area contributed by atoms with Crippen molar-refractivity contribution >= 4 is 9.84 Å². The Balaban J connectivity index is 1.86. The predicted octanol–water partition coefficient (Wildman–Crippen LogP) is 1.61. The van der Waals surface area contributed by atoms with E-state index in [9.17, 15) is 13.5 Å². The van der Waals surface area contributed by atoms with Gasteiger partial charge in [0.15, 0.2) is 0 Å². The maximum atomic E-state index is 11.5. The van der Waals surface area contributed by atoms with Crippen LogP contribution in [0.4, 0.5) is 0 Å². The highest BCUT2D eigenvalue weighted by Crippen LogP contribution is 2.34. The fraction of sp³-hybridized carbons (Fsp3) is 0.692. The van der Waals surface area contributed by atoms with Gasteiger partial charge >= 0.3 is 0 Å².